The van der Waals surface area contributed by atoms with Gasteiger partial charge < -0.3 is 10.1 Å². The third kappa shape index (κ3) is 3.99. The van der Waals surface area contributed by atoms with Gasteiger partial charge in [0.25, 0.3) is 0 Å². The quantitative estimate of drug-likeness (QED) is 0.707. The molecule has 1 aliphatic heterocycles. The summed E-state index contributed by atoms with van der Waals surface area (Å²) in [6.07, 6.45) is 2.00. The van der Waals surface area contributed by atoms with Crippen LogP contribution < -0.4 is 5.32 Å². The maximum Gasteiger partial charge on any atom is 0.322 e. The van der Waals surface area contributed by atoms with Crippen LogP contribution in [0.25, 0.3) is 0 Å². The molecule has 0 aliphatic carbocycles. The van der Waals surface area contributed by atoms with Gasteiger partial charge in [0.05, 0.1) is 7.11 Å². The highest BCUT2D eigenvalue weighted by atomic mass is 35.5. The van der Waals surface area contributed by atoms with E-state index in [-0.39, 0.29) is 24.4 Å². The molecule has 0 saturated carbocycles. The topological polar surface area (TPSA) is 38.3 Å². The molecule has 0 bridgehead atoms. The van der Waals surface area contributed by atoms with Crippen molar-refractivity contribution in [1.29, 1.82) is 0 Å². The molecule has 0 spiro atoms. The van der Waals surface area contributed by atoms with Gasteiger partial charge in [0.15, 0.2) is 0 Å². The minimum atomic E-state index is -0.127. The molecule has 0 amide bonds. The highest BCUT2D eigenvalue weighted by Crippen LogP contribution is 2.31. The van der Waals surface area contributed by atoms with E-state index in [1.165, 1.54) is 7.11 Å². The molecule has 0 aromatic rings. The Morgan fingerprint density at radius 2 is 1.93 bits per heavy atom. The first-order valence-electron chi connectivity index (χ1n) is 5.26. The first-order chi connectivity index (χ1) is 6.45. The van der Waals surface area contributed by atoms with Crippen molar-refractivity contribution in [1.82, 2.24) is 5.32 Å². The van der Waals surface area contributed by atoms with Gasteiger partial charge in [-0.1, -0.05) is 20.8 Å². The summed E-state index contributed by atoms with van der Waals surface area (Å²) in [6, 6.07) is -0.0846. The van der Waals surface area contributed by atoms with Crippen molar-refractivity contribution in [3.63, 3.8) is 0 Å². The fourth-order valence-electron chi connectivity index (χ4n) is 1.94. The second-order valence-electron chi connectivity index (χ2n) is 5.12. The predicted octanol–water partition coefficient (Wildman–Crippen LogP) is 2.00. The Labute approximate surface area is 98.4 Å². The van der Waals surface area contributed by atoms with Crippen LogP contribution in [0.5, 0.6) is 0 Å². The first kappa shape index (κ1) is 14.7. The summed E-state index contributed by atoms with van der Waals surface area (Å²) in [4.78, 5) is 11.2. The molecule has 15 heavy (non-hydrogen) atoms. The summed E-state index contributed by atoms with van der Waals surface area (Å²) in [5.74, 6) is 0.528. The van der Waals surface area contributed by atoms with E-state index in [1.54, 1.807) is 0 Å². The van der Waals surface area contributed by atoms with Crippen molar-refractivity contribution < 1.29 is 9.53 Å². The van der Waals surface area contributed by atoms with Crippen molar-refractivity contribution in [3.05, 3.63) is 0 Å². The molecule has 90 valence electrons. The maximum atomic E-state index is 11.2. The van der Waals surface area contributed by atoms with Crippen LogP contribution in [0.1, 0.15) is 33.6 Å². The number of piperidine rings is 1. The lowest BCUT2D eigenvalue weighted by Crippen LogP contribution is -2.47. The van der Waals surface area contributed by atoms with E-state index < -0.39 is 0 Å². The van der Waals surface area contributed by atoms with E-state index in [0.717, 1.165) is 19.4 Å². The van der Waals surface area contributed by atoms with Crippen molar-refractivity contribution >= 4 is 18.4 Å². The van der Waals surface area contributed by atoms with E-state index in [1.807, 2.05) is 0 Å². The molecule has 1 N–H and O–H groups in total. The van der Waals surface area contributed by atoms with Crippen LogP contribution in [0, 0.1) is 11.3 Å². The van der Waals surface area contributed by atoms with Gasteiger partial charge in [-0.05, 0) is 30.7 Å². The van der Waals surface area contributed by atoms with Gasteiger partial charge in [0.1, 0.15) is 6.04 Å². The van der Waals surface area contributed by atoms with E-state index in [0.29, 0.717) is 11.3 Å². The normalized spacial score (nSPS) is 26.7. The van der Waals surface area contributed by atoms with Gasteiger partial charge in [0.2, 0.25) is 0 Å². The number of ether oxygens (including phenoxy) is 1. The summed E-state index contributed by atoms with van der Waals surface area (Å²) in [6.45, 7) is 7.66. The largest absolute Gasteiger partial charge is 0.468 e. The number of carbonyl (C=O) groups is 1. The third-order valence-electron chi connectivity index (χ3n) is 3.12. The summed E-state index contributed by atoms with van der Waals surface area (Å²) in [7, 11) is 1.44. The van der Waals surface area contributed by atoms with E-state index in [2.05, 4.69) is 26.1 Å². The zero-order valence-electron chi connectivity index (χ0n) is 10.0. The monoisotopic (exact) mass is 235 g/mol. The molecule has 3 nitrogen and oxygen atoms in total. The van der Waals surface area contributed by atoms with Gasteiger partial charge in [-0.25, -0.2) is 0 Å². The van der Waals surface area contributed by atoms with Crippen LogP contribution in [0.15, 0.2) is 0 Å². The number of methoxy groups -OCH3 is 1. The van der Waals surface area contributed by atoms with Crippen molar-refractivity contribution in [2.75, 3.05) is 13.7 Å². The number of nitrogens with one attached hydrogen (secondary N) is 1. The summed E-state index contributed by atoms with van der Waals surface area (Å²) in [5.41, 5.74) is 0.327. The lowest BCUT2D eigenvalue weighted by molar-refractivity contribution is -0.144. The Morgan fingerprint density at radius 1 is 1.33 bits per heavy atom. The molecular formula is C11H22ClNO2. The molecule has 4 heteroatoms. The van der Waals surface area contributed by atoms with Crippen LogP contribution in [-0.4, -0.2) is 25.7 Å². The Kier molecular flexibility index (Phi) is 5.60. The minimum absolute atomic E-state index is 0. The molecule has 1 saturated heterocycles. The average Bonchev–Trinajstić information content (AvgIpc) is 2.15. The summed E-state index contributed by atoms with van der Waals surface area (Å²) < 4.78 is 4.71. The SMILES string of the molecule is COC(=O)[C@@H]1CC[C@H](C(C)(C)C)CN1.Cl. The van der Waals surface area contributed by atoms with Crippen LogP contribution in [-0.2, 0) is 9.53 Å². The highest BCUT2D eigenvalue weighted by Gasteiger charge is 2.32. The number of carbonyl (C=O) groups excluding carboxylic acids is 1. The van der Waals surface area contributed by atoms with Crippen LogP contribution in [0.4, 0.5) is 0 Å². The van der Waals surface area contributed by atoms with Crippen molar-refractivity contribution in [2.45, 2.75) is 39.7 Å². The van der Waals surface area contributed by atoms with E-state index in [9.17, 15) is 4.79 Å². The lowest BCUT2D eigenvalue weighted by Gasteiger charge is -2.36. The zero-order chi connectivity index (χ0) is 10.8. The second-order valence-corrected chi connectivity index (χ2v) is 5.12. The number of rotatable bonds is 1. The van der Waals surface area contributed by atoms with Gasteiger partial charge in [-0.15, -0.1) is 12.4 Å². The van der Waals surface area contributed by atoms with E-state index >= 15 is 0 Å². The van der Waals surface area contributed by atoms with Gasteiger partial charge in [-0.3, -0.25) is 4.79 Å². The van der Waals surface area contributed by atoms with Crippen molar-refractivity contribution in [2.24, 2.45) is 11.3 Å². The van der Waals surface area contributed by atoms with Gasteiger partial charge >= 0.3 is 5.97 Å². The molecule has 0 unspecified atom stereocenters. The first-order valence-corrected chi connectivity index (χ1v) is 5.26. The average molecular weight is 236 g/mol. The molecule has 2 atom stereocenters. The molecule has 0 aromatic heterocycles. The maximum absolute atomic E-state index is 11.2. The number of hydrogen-bond donors (Lipinski definition) is 1. The smallest absolute Gasteiger partial charge is 0.322 e. The molecule has 0 aromatic carbocycles. The van der Waals surface area contributed by atoms with Crippen LogP contribution in [0.3, 0.4) is 0 Å². The molecule has 0 radical (unpaired) electrons. The number of hydrogen-bond acceptors (Lipinski definition) is 3. The predicted molar refractivity (Wildman–Crippen MR) is 63.2 cm³/mol. The number of halogens is 1. The molecule has 1 fully saturated rings. The Bertz CT molecular complexity index is 205. The fraction of sp³-hybridized carbons (Fsp3) is 0.909. The highest BCUT2D eigenvalue weighted by molar-refractivity contribution is 5.85. The minimum Gasteiger partial charge on any atom is -0.468 e. The summed E-state index contributed by atoms with van der Waals surface area (Å²) in [5, 5.41) is 3.25. The van der Waals surface area contributed by atoms with Gasteiger partial charge in [-0.2, -0.15) is 0 Å². The zero-order valence-corrected chi connectivity index (χ0v) is 10.8. The third-order valence-corrected chi connectivity index (χ3v) is 3.12. The molecule has 1 heterocycles. The standard InChI is InChI=1S/C11H21NO2.ClH/c1-11(2,3)8-5-6-9(12-7-8)10(13)14-4;/h8-9,12H,5-7H2,1-4H3;1H/t8-,9-;/m0./s1. The van der Waals surface area contributed by atoms with Crippen molar-refractivity contribution in [3.8, 4) is 0 Å². The Hall–Kier alpha value is -0.280. The molecule has 1 rings (SSSR count). The number of esters is 1. The van der Waals surface area contributed by atoms with Crippen LogP contribution in [0.2, 0.25) is 0 Å². The van der Waals surface area contributed by atoms with Crippen LogP contribution >= 0.6 is 12.4 Å². The molecule has 1 aliphatic rings. The van der Waals surface area contributed by atoms with E-state index in [4.69, 9.17) is 4.74 Å². The Morgan fingerprint density at radius 3 is 2.27 bits per heavy atom. The summed E-state index contributed by atoms with van der Waals surface area (Å²) >= 11 is 0. The van der Waals surface area contributed by atoms with Gasteiger partial charge in [0, 0.05) is 0 Å². The Balaban J connectivity index is 0.00000196. The lowest BCUT2D eigenvalue weighted by atomic mass is 9.75. The molecular weight excluding hydrogens is 214 g/mol. The second kappa shape index (κ2) is 5.71. The fourth-order valence-corrected chi connectivity index (χ4v) is 1.94.